The molecule has 0 aliphatic carbocycles. The molecule has 4 unspecified atom stereocenters. The highest BCUT2D eigenvalue weighted by Gasteiger charge is 2.44. The Labute approximate surface area is 349 Å². The lowest BCUT2D eigenvalue weighted by Gasteiger charge is -2.40. The van der Waals surface area contributed by atoms with Crippen molar-refractivity contribution in [2.75, 3.05) is 78.8 Å². The van der Waals surface area contributed by atoms with Gasteiger partial charge in [0.15, 0.2) is 0 Å². The van der Waals surface area contributed by atoms with Crippen molar-refractivity contribution in [1.82, 2.24) is 21.3 Å². The van der Waals surface area contributed by atoms with Gasteiger partial charge in [0.2, 0.25) is 0 Å². The molecule has 4 N–H and O–H groups in total. The molecule has 8 aliphatic rings. The maximum atomic E-state index is 6.09. The molecule has 12 rings (SSSR count). The van der Waals surface area contributed by atoms with Gasteiger partial charge in [0.05, 0.1) is 26.4 Å². The Balaban J connectivity index is 0.0000000976. The third-order valence-corrected chi connectivity index (χ3v) is 18.2. The summed E-state index contributed by atoms with van der Waals surface area (Å²) >= 11 is 7.50. The molecule has 0 bridgehead atoms. The van der Waals surface area contributed by atoms with Gasteiger partial charge in [0, 0.05) is 45.7 Å². The van der Waals surface area contributed by atoms with Gasteiger partial charge in [0.1, 0.15) is 22.4 Å². The Hall–Kier alpha value is -1.52. The van der Waals surface area contributed by atoms with Crippen LogP contribution in [0.15, 0.2) is 33.7 Å². The van der Waals surface area contributed by atoms with E-state index in [1.807, 2.05) is 45.3 Å². The lowest BCUT2D eigenvalue weighted by atomic mass is 9.86. The van der Waals surface area contributed by atoms with Crippen molar-refractivity contribution < 1.29 is 18.9 Å². The first-order chi connectivity index (χ1) is 27.5. The van der Waals surface area contributed by atoms with Crippen LogP contribution >= 0.6 is 45.3 Å². The van der Waals surface area contributed by atoms with Crippen LogP contribution in [0.2, 0.25) is 0 Å². The van der Waals surface area contributed by atoms with Crippen molar-refractivity contribution in [1.29, 1.82) is 0 Å². The van der Waals surface area contributed by atoms with Gasteiger partial charge >= 0.3 is 0 Å². The number of thiophene rings is 4. The van der Waals surface area contributed by atoms with E-state index in [2.05, 4.69) is 68.8 Å². The number of ether oxygens (including phenoxy) is 4. The SMILES string of the molecule is Cc1csc2c1CCOC21CCCNC1.Cc1csc2c1CCOC21CCNC1.c1cc2c(s1)C1(CCCNC1)OCC2.c1cc2c(s1)C1(CCNC1)OCC2. The summed E-state index contributed by atoms with van der Waals surface area (Å²) in [6.07, 6.45) is 11.5. The molecule has 0 saturated carbocycles. The van der Waals surface area contributed by atoms with Crippen molar-refractivity contribution in [2.24, 2.45) is 0 Å². The van der Waals surface area contributed by atoms with Crippen molar-refractivity contribution in [3.8, 4) is 0 Å². The fourth-order valence-corrected chi connectivity index (χ4v) is 15.1. The van der Waals surface area contributed by atoms with Crippen LogP contribution in [0.1, 0.15) is 91.4 Å². The molecule has 4 saturated heterocycles. The van der Waals surface area contributed by atoms with Gasteiger partial charge in [0.25, 0.3) is 0 Å². The zero-order valence-electron chi connectivity index (χ0n) is 33.3. The third kappa shape index (κ3) is 7.69. The second-order valence-electron chi connectivity index (χ2n) is 16.8. The van der Waals surface area contributed by atoms with Crippen LogP contribution < -0.4 is 21.3 Å². The zero-order valence-corrected chi connectivity index (χ0v) is 36.6. The van der Waals surface area contributed by atoms with E-state index >= 15 is 0 Å². The highest BCUT2D eigenvalue weighted by molar-refractivity contribution is 7.11. The molecule has 4 aromatic heterocycles. The van der Waals surface area contributed by atoms with E-state index < -0.39 is 0 Å². The van der Waals surface area contributed by atoms with E-state index in [9.17, 15) is 0 Å². The van der Waals surface area contributed by atoms with Crippen LogP contribution in [-0.2, 0) is 67.0 Å². The van der Waals surface area contributed by atoms with E-state index in [-0.39, 0.29) is 22.4 Å². The van der Waals surface area contributed by atoms with Gasteiger partial charge < -0.3 is 40.2 Å². The Morgan fingerprint density at radius 1 is 0.464 bits per heavy atom. The van der Waals surface area contributed by atoms with Crippen LogP contribution in [0.4, 0.5) is 0 Å². The highest BCUT2D eigenvalue weighted by Crippen LogP contribution is 2.45. The molecule has 4 atom stereocenters. The summed E-state index contributed by atoms with van der Waals surface area (Å²) < 4.78 is 24.1. The average Bonchev–Trinajstić information content (AvgIpc) is 4.09. The first-order valence-corrected chi connectivity index (χ1v) is 24.6. The number of aryl methyl sites for hydroxylation is 2. The van der Waals surface area contributed by atoms with Crippen molar-refractivity contribution in [3.63, 3.8) is 0 Å². The maximum Gasteiger partial charge on any atom is 0.116 e. The number of fused-ring (bicyclic) bond motifs is 8. The predicted octanol–water partition coefficient (Wildman–Crippen LogP) is 7.43. The van der Waals surface area contributed by atoms with E-state index in [1.165, 1.54) is 67.4 Å². The standard InChI is InChI=1S/C12H17NOS.2C11H15NOS.C10H13NOS/c1-9-7-15-11-10(9)3-6-14-12(11)4-2-5-13-8-12;1-8-6-14-10-9(8)2-5-13-11(10)3-4-12-7-11;1-4-11(8-12-5-1)10-9(2-6-13-11)3-7-14-10;1-5-12-10(3-4-11-7-10)9-8(1)2-6-13-9/h7,13H,2-6,8H2,1H3;6,12H,2-5,7H2,1H3;3,7,12H,1-2,4-6,8H2;2,6,11H,1,3-5,7H2. The van der Waals surface area contributed by atoms with Gasteiger partial charge in [-0.1, -0.05) is 0 Å². The highest BCUT2D eigenvalue weighted by atomic mass is 32.1. The summed E-state index contributed by atoms with van der Waals surface area (Å²) in [7, 11) is 0. The molecule has 12 heteroatoms. The summed E-state index contributed by atoms with van der Waals surface area (Å²) in [5.41, 5.74) is 9.20. The van der Waals surface area contributed by atoms with Gasteiger partial charge in [-0.25, -0.2) is 0 Å². The fraction of sp³-hybridized carbons (Fsp3) is 0.636. The Kier molecular flexibility index (Phi) is 12.3. The third-order valence-electron chi connectivity index (χ3n) is 13.2. The number of piperidine rings is 2. The summed E-state index contributed by atoms with van der Waals surface area (Å²) in [5, 5.41) is 22.7. The number of hydrogen-bond donors (Lipinski definition) is 4. The number of nitrogens with one attached hydrogen (secondary N) is 4. The molecule has 0 radical (unpaired) electrons. The minimum absolute atomic E-state index is 0.0186. The second kappa shape index (κ2) is 17.2. The van der Waals surface area contributed by atoms with Gasteiger partial charge in [-0.15, -0.1) is 45.3 Å². The second-order valence-corrected chi connectivity index (χ2v) is 20.4. The van der Waals surface area contributed by atoms with Crippen LogP contribution in [0.25, 0.3) is 0 Å². The quantitative estimate of drug-likeness (QED) is 0.146. The fourth-order valence-electron chi connectivity index (χ4n) is 10.2. The van der Waals surface area contributed by atoms with Crippen LogP contribution in [0.5, 0.6) is 0 Å². The monoisotopic (exact) mass is 836 g/mol. The summed E-state index contributed by atoms with van der Waals surface area (Å²) in [5.74, 6) is 0. The Morgan fingerprint density at radius 3 is 1.29 bits per heavy atom. The largest absolute Gasteiger partial charge is 0.368 e. The van der Waals surface area contributed by atoms with Gasteiger partial charge in [-0.3, -0.25) is 0 Å². The predicted molar refractivity (Wildman–Crippen MR) is 231 cm³/mol. The van der Waals surface area contributed by atoms with Crippen molar-refractivity contribution in [3.05, 3.63) is 86.5 Å². The molecule has 12 heterocycles. The lowest BCUT2D eigenvalue weighted by molar-refractivity contribution is -0.0720. The molecule has 56 heavy (non-hydrogen) atoms. The van der Waals surface area contributed by atoms with Crippen LogP contribution in [0.3, 0.4) is 0 Å². The van der Waals surface area contributed by atoms with Crippen molar-refractivity contribution >= 4 is 45.3 Å². The van der Waals surface area contributed by atoms with Crippen LogP contribution in [0, 0.1) is 13.8 Å². The molecule has 304 valence electrons. The number of rotatable bonds is 0. The van der Waals surface area contributed by atoms with E-state index in [0.717, 1.165) is 117 Å². The topological polar surface area (TPSA) is 85.0 Å². The lowest BCUT2D eigenvalue weighted by Crippen LogP contribution is -2.47. The maximum absolute atomic E-state index is 6.09. The Bertz CT molecular complexity index is 1910. The first kappa shape index (κ1) is 39.9. The molecule has 8 nitrogen and oxygen atoms in total. The van der Waals surface area contributed by atoms with Gasteiger partial charge in [-0.05, 0) is 171 Å². The van der Waals surface area contributed by atoms with E-state index in [1.54, 1.807) is 11.1 Å². The molecule has 8 aliphatic heterocycles. The first-order valence-electron chi connectivity index (χ1n) is 21.1. The average molecular weight is 837 g/mol. The molecule has 4 spiro atoms. The van der Waals surface area contributed by atoms with Crippen molar-refractivity contribution in [2.45, 2.75) is 100 Å². The molecule has 4 aromatic rings. The zero-order chi connectivity index (χ0) is 38.1. The minimum Gasteiger partial charge on any atom is -0.368 e. The van der Waals surface area contributed by atoms with Crippen LogP contribution in [-0.4, -0.2) is 78.8 Å². The molecule has 0 aromatic carbocycles. The molecular formula is C44H60N4O4S4. The van der Waals surface area contributed by atoms with E-state index in [0.29, 0.717) is 0 Å². The summed E-state index contributed by atoms with van der Waals surface area (Å²) in [6.45, 7) is 16.5. The molecule has 4 fully saturated rings. The molecular weight excluding hydrogens is 777 g/mol. The summed E-state index contributed by atoms with van der Waals surface area (Å²) in [6, 6.07) is 4.52. The van der Waals surface area contributed by atoms with E-state index in [4.69, 9.17) is 18.9 Å². The summed E-state index contributed by atoms with van der Waals surface area (Å²) in [4.78, 5) is 5.95. The smallest absolute Gasteiger partial charge is 0.116 e. The molecule has 0 amide bonds. The Morgan fingerprint density at radius 2 is 0.857 bits per heavy atom. The van der Waals surface area contributed by atoms with Gasteiger partial charge in [-0.2, -0.15) is 0 Å². The number of hydrogen-bond acceptors (Lipinski definition) is 12. The minimum atomic E-state index is 0.0186. The normalized spacial score (nSPS) is 31.3.